The van der Waals surface area contributed by atoms with Crippen LogP contribution in [0.15, 0.2) is 60.8 Å². The zero-order chi connectivity index (χ0) is 17.2. The number of aryl methyl sites for hydroxylation is 1. The van der Waals surface area contributed by atoms with Gasteiger partial charge in [0, 0.05) is 18.3 Å². The van der Waals surface area contributed by atoms with Gasteiger partial charge >= 0.3 is 0 Å². The van der Waals surface area contributed by atoms with Crippen LogP contribution in [0.2, 0.25) is 0 Å². The number of carbonyl (C=O) groups excluding carboxylic acids is 1. The second-order valence-electron chi connectivity index (χ2n) is 6.48. The molecule has 4 rings (SSSR count). The van der Waals surface area contributed by atoms with Crippen molar-refractivity contribution in [3.05, 3.63) is 83.2 Å². The topological polar surface area (TPSA) is 54.9 Å². The Balaban J connectivity index is 1.61. The van der Waals surface area contributed by atoms with E-state index in [1.165, 1.54) is 11.1 Å². The van der Waals surface area contributed by atoms with Gasteiger partial charge in [-0.3, -0.25) is 4.79 Å². The van der Waals surface area contributed by atoms with Crippen molar-refractivity contribution in [2.45, 2.75) is 25.7 Å². The lowest BCUT2D eigenvalue weighted by atomic mass is 9.82. The van der Waals surface area contributed by atoms with Gasteiger partial charge in [0.25, 0.3) is 0 Å². The molecule has 0 unspecified atom stereocenters. The van der Waals surface area contributed by atoms with Crippen LogP contribution in [-0.4, -0.2) is 15.8 Å². The maximum Gasteiger partial charge on any atom is 0.227 e. The summed E-state index contributed by atoms with van der Waals surface area (Å²) < 4.78 is 0. The van der Waals surface area contributed by atoms with E-state index in [4.69, 9.17) is 0 Å². The number of nitrogens with zero attached hydrogens (tertiary/aromatic N) is 2. The molecule has 1 N–H and O–H groups in total. The molecule has 0 saturated carbocycles. The standard InChI is InChI=1S/C21H19N3O/c1-14-7-9-15(10-8-14)16-11-19-18(20(25)12-16)13-22-21(24-19)23-17-5-3-2-4-6-17/h2-10,13,16H,11-12H2,1H3,(H,22,23,24)/t16-/m1/s1. The van der Waals surface area contributed by atoms with Crippen molar-refractivity contribution in [1.29, 1.82) is 0 Å². The Bertz CT molecular complexity index is 904. The summed E-state index contributed by atoms with van der Waals surface area (Å²) in [7, 11) is 0. The number of carbonyl (C=O) groups is 1. The van der Waals surface area contributed by atoms with Gasteiger partial charge in [-0.1, -0.05) is 48.0 Å². The number of rotatable bonds is 3. The first-order chi connectivity index (χ1) is 12.2. The highest BCUT2D eigenvalue weighted by Gasteiger charge is 2.28. The summed E-state index contributed by atoms with van der Waals surface area (Å²) in [5.74, 6) is 0.834. The normalized spacial score (nSPS) is 16.4. The highest BCUT2D eigenvalue weighted by atomic mass is 16.1. The minimum Gasteiger partial charge on any atom is -0.324 e. The van der Waals surface area contributed by atoms with Crippen LogP contribution in [-0.2, 0) is 6.42 Å². The van der Waals surface area contributed by atoms with E-state index in [0.717, 1.165) is 17.8 Å². The predicted octanol–water partition coefficient (Wildman–Crippen LogP) is 4.44. The molecule has 4 heteroatoms. The number of fused-ring (bicyclic) bond motifs is 1. The van der Waals surface area contributed by atoms with Crippen molar-refractivity contribution in [3.63, 3.8) is 0 Å². The average Bonchev–Trinajstić information content (AvgIpc) is 2.63. The van der Waals surface area contributed by atoms with Gasteiger partial charge in [-0.2, -0.15) is 0 Å². The Morgan fingerprint density at radius 1 is 1.00 bits per heavy atom. The molecular weight excluding hydrogens is 310 g/mol. The van der Waals surface area contributed by atoms with Gasteiger partial charge in [0.05, 0.1) is 11.3 Å². The molecule has 0 amide bonds. The molecule has 1 aromatic heterocycles. The summed E-state index contributed by atoms with van der Waals surface area (Å²) in [5.41, 5.74) is 4.83. The number of ketones is 1. The van der Waals surface area contributed by atoms with E-state index in [-0.39, 0.29) is 11.7 Å². The summed E-state index contributed by atoms with van der Waals surface area (Å²) >= 11 is 0. The Hall–Kier alpha value is -3.01. The molecule has 1 atom stereocenters. The largest absolute Gasteiger partial charge is 0.324 e. The van der Waals surface area contributed by atoms with E-state index >= 15 is 0 Å². The third-order valence-corrected chi connectivity index (χ3v) is 4.62. The van der Waals surface area contributed by atoms with Gasteiger partial charge in [-0.25, -0.2) is 9.97 Å². The quantitative estimate of drug-likeness (QED) is 0.772. The molecule has 1 aliphatic carbocycles. The molecule has 3 aromatic rings. The number of para-hydroxylation sites is 1. The smallest absolute Gasteiger partial charge is 0.227 e. The van der Waals surface area contributed by atoms with Crippen LogP contribution in [0.4, 0.5) is 11.6 Å². The fraction of sp³-hybridized carbons (Fsp3) is 0.190. The Labute approximate surface area is 147 Å². The van der Waals surface area contributed by atoms with Gasteiger partial charge in [-0.05, 0) is 37.0 Å². The third-order valence-electron chi connectivity index (χ3n) is 4.62. The van der Waals surface area contributed by atoms with Crippen molar-refractivity contribution < 1.29 is 4.79 Å². The second-order valence-corrected chi connectivity index (χ2v) is 6.48. The molecule has 0 saturated heterocycles. The predicted molar refractivity (Wildman–Crippen MR) is 98.3 cm³/mol. The lowest BCUT2D eigenvalue weighted by molar-refractivity contribution is 0.0963. The lowest BCUT2D eigenvalue weighted by Crippen LogP contribution is -2.21. The fourth-order valence-corrected chi connectivity index (χ4v) is 3.23. The van der Waals surface area contributed by atoms with Crippen molar-refractivity contribution >= 4 is 17.4 Å². The summed E-state index contributed by atoms with van der Waals surface area (Å²) in [6, 6.07) is 18.2. The van der Waals surface area contributed by atoms with E-state index in [1.807, 2.05) is 30.3 Å². The number of aromatic nitrogens is 2. The average molecular weight is 329 g/mol. The maximum atomic E-state index is 12.5. The number of anilines is 2. The number of hydrogen-bond acceptors (Lipinski definition) is 4. The molecule has 2 aromatic carbocycles. The number of benzene rings is 2. The number of nitrogens with one attached hydrogen (secondary N) is 1. The van der Waals surface area contributed by atoms with Gasteiger partial charge in [-0.15, -0.1) is 0 Å². The van der Waals surface area contributed by atoms with E-state index in [1.54, 1.807) is 6.20 Å². The summed E-state index contributed by atoms with van der Waals surface area (Å²) in [6.45, 7) is 2.07. The highest BCUT2D eigenvalue weighted by Crippen LogP contribution is 2.32. The highest BCUT2D eigenvalue weighted by molar-refractivity contribution is 5.98. The molecule has 4 nitrogen and oxygen atoms in total. The monoisotopic (exact) mass is 329 g/mol. The first-order valence-corrected chi connectivity index (χ1v) is 8.47. The molecule has 124 valence electrons. The molecule has 1 heterocycles. The second kappa shape index (κ2) is 6.48. The van der Waals surface area contributed by atoms with Crippen molar-refractivity contribution in [1.82, 2.24) is 9.97 Å². The van der Waals surface area contributed by atoms with E-state index in [9.17, 15) is 4.79 Å². The molecule has 1 aliphatic rings. The SMILES string of the molecule is Cc1ccc([C@H]2CC(=O)c3cnc(Nc4ccccc4)nc3C2)cc1. The summed E-state index contributed by atoms with van der Waals surface area (Å²) in [6.07, 6.45) is 2.93. The molecule has 0 bridgehead atoms. The van der Waals surface area contributed by atoms with Crippen molar-refractivity contribution in [3.8, 4) is 0 Å². The van der Waals surface area contributed by atoms with Crippen molar-refractivity contribution in [2.75, 3.05) is 5.32 Å². The van der Waals surface area contributed by atoms with Crippen molar-refractivity contribution in [2.24, 2.45) is 0 Å². The molecular formula is C21H19N3O. The molecule has 0 radical (unpaired) electrons. The fourth-order valence-electron chi connectivity index (χ4n) is 3.23. The molecule has 0 fully saturated rings. The van der Waals surface area contributed by atoms with E-state index < -0.39 is 0 Å². The van der Waals surface area contributed by atoms with Crippen LogP contribution in [0.3, 0.4) is 0 Å². The summed E-state index contributed by atoms with van der Waals surface area (Å²) in [4.78, 5) is 21.4. The first kappa shape index (κ1) is 15.5. The minimum absolute atomic E-state index is 0.123. The van der Waals surface area contributed by atoms with Crippen LogP contribution < -0.4 is 5.32 Å². The van der Waals surface area contributed by atoms with Crippen LogP contribution in [0.25, 0.3) is 0 Å². The van der Waals surface area contributed by atoms with Crippen LogP contribution in [0.1, 0.15) is 39.5 Å². The lowest BCUT2D eigenvalue weighted by Gasteiger charge is -2.23. The van der Waals surface area contributed by atoms with E-state index in [2.05, 4.69) is 46.5 Å². The minimum atomic E-state index is 0.123. The Morgan fingerprint density at radius 2 is 1.76 bits per heavy atom. The van der Waals surface area contributed by atoms with Gasteiger partial charge in [0.2, 0.25) is 5.95 Å². The van der Waals surface area contributed by atoms with Gasteiger partial charge in [0.1, 0.15) is 0 Å². The maximum absolute atomic E-state index is 12.5. The van der Waals surface area contributed by atoms with Crippen LogP contribution >= 0.6 is 0 Å². The van der Waals surface area contributed by atoms with Gasteiger partial charge < -0.3 is 5.32 Å². The zero-order valence-electron chi connectivity index (χ0n) is 14.1. The number of hydrogen-bond donors (Lipinski definition) is 1. The first-order valence-electron chi connectivity index (χ1n) is 8.47. The Morgan fingerprint density at radius 3 is 2.52 bits per heavy atom. The third kappa shape index (κ3) is 3.29. The summed E-state index contributed by atoms with van der Waals surface area (Å²) in [5, 5.41) is 3.20. The van der Waals surface area contributed by atoms with E-state index in [0.29, 0.717) is 17.9 Å². The molecule has 25 heavy (non-hydrogen) atoms. The molecule has 0 spiro atoms. The zero-order valence-corrected chi connectivity index (χ0v) is 14.1. The van der Waals surface area contributed by atoms with Crippen LogP contribution in [0.5, 0.6) is 0 Å². The van der Waals surface area contributed by atoms with Crippen LogP contribution in [0, 0.1) is 6.92 Å². The Kier molecular flexibility index (Phi) is 4.02. The van der Waals surface area contributed by atoms with Gasteiger partial charge in [0.15, 0.2) is 5.78 Å². The molecule has 0 aliphatic heterocycles. The number of Topliss-reactive ketones (excluding diaryl/α,β-unsaturated/α-hetero) is 1.